The Kier molecular flexibility index (Phi) is 3.86. The molecule has 1 aliphatic rings. The third-order valence-electron chi connectivity index (χ3n) is 4.22. The van der Waals surface area contributed by atoms with Crippen LogP contribution >= 0.6 is 0 Å². The van der Waals surface area contributed by atoms with E-state index in [0.29, 0.717) is 17.8 Å². The maximum absolute atomic E-state index is 13.0. The Balaban J connectivity index is 1.78. The van der Waals surface area contributed by atoms with Crippen molar-refractivity contribution in [2.75, 3.05) is 11.9 Å². The van der Waals surface area contributed by atoms with Crippen molar-refractivity contribution in [3.8, 4) is 0 Å². The molecule has 3 rings (SSSR count). The number of amides is 2. The molecule has 0 saturated heterocycles. The Morgan fingerprint density at radius 2 is 1.83 bits per heavy atom. The molecular formula is C18H17FN2O2. The van der Waals surface area contributed by atoms with Gasteiger partial charge in [-0.2, -0.15) is 0 Å². The van der Waals surface area contributed by atoms with Crippen LogP contribution in [0.25, 0.3) is 0 Å². The average molecular weight is 312 g/mol. The van der Waals surface area contributed by atoms with E-state index in [0.717, 1.165) is 5.56 Å². The van der Waals surface area contributed by atoms with E-state index < -0.39 is 6.04 Å². The molecule has 0 fully saturated rings. The van der Waals surface area contributed by atoms with Gasteiger partial charge in [-0.15, -0.1) is 0 Å². The summed E-state index contributed by atoms with van der Waals surface area (Å²) in [6, 6.07) is 12.5. The molecule has 0 bridgehead atoms. The van der Waals surface area contributed by atoms with E-state index in [2.05, 4.69) is 0 Å². The lowest BCUT2D eigenvalue weighted by Crippen LogP contribution is -2.46. The molecule has 1 unspecified atom stereocenters. The van der Waals surface area contributed by atoms with E-state index in [1.165, 1.54) is 17.0 Å². The number of nitrogens with zero attached hydrogens (tertiary/aromatic N) is 2. The van der Waals surface area contributed by atoms with Gasteiger partial charge in [-0.3, -0.25) is 9.59 Å². The van der Waals surface area contributed by atoms with Gasteiger partial charge in [0.05, 0.1) is 0 Å². The van der Waals surface area contributed by atoms with Crippen LogP contribution in [-0.4, -0.2) is 29.8 Å². The summed E-state index contributed by atoms with van der Waals surface area (Å²) in [7, 11) is 1.62. The summed E-state index contributed by atoms with van der Waals surface area (Å²) in [5, 5.41) is 0. The number of halogens is 1. The van der Waals surface area contributed by atoms with Crippen LogP contribution in [0.15, 0.2) is 48.5 Å². The first-order chi connectivity index (χ1) is 11.0. The van der Waals surface area contributed by atoms with Crippen LogP contribution in [0.2, 0.25) is 0 Å². The van der Waals surface area contributed by atoms with Gasteiger partial charge in [0.15, 0.2) is 0 Å². The number of carbonyl (C=O) groups excluding carboxylic acids is 2. The standard InChI is InChI=1S/C18H17FN2O2/c1-12(17(22)20(2)15-9-7-14(19)8-10-15)21-11-13-5-3-4-6-16(13)18(21)23/h3-10,12H,11H2,1-2H3. The van der Waals surface area contributed by atoms with Crippen LogP contribution in [0.5, 0.6) is 0 Å². The highest BCUT2D eigenvalue weighted by atomic mass is 19.1. The van der Waals surface area contributed by atoms with Crippen molar-refractivity contribution in [3.05, 3.63) is 65.5 Å². The zero-order valence-electron chi connectivity index (χ0n) is 13.0. The normalized spacial score (nSPS) is 14.6. The molecular weight excluding hydrogens is 295 g/mol. The summed E-state index contributed by atoms with van der Waals surface area (Å²) < 4.78 is 13.0. The van der Waals surface area contributed by atoms with Gasteiger partial charge in [0.1, 0.15) is 11.9 Å². The predicted molar refractivity (Wildman–Crippen MR) is 85.6 cm³/mol. The van der Waals surface area contributed by atoms with Crippen molar-refractivity contribution in [1.29, 1.82) is 0 Å². The Bertz CT molecular complexity index is 758. The zero-order chi connectivity index (χ0) is 16.6. The number of fused-ring (bicyclic) bond motifs is 1. The van der Waals surface area contributed by atoms with Crippen molar-refractivity contribution < 1.29 is 14.0 Å². The lowest BCUT2D eigenvalue weighted by atomic mass is 10.1. The number of hydrogen-bond donors (Lipinski definition) is 0. The number of hydrogen-bond acceptors (Lipinski definition) is 2. The fourth-order valence-corrected chi connectivity index (χ4v) is 2.80. The van der Waals surface area contributed by atoms with Gasteiger partial charge in [-0.1, -0.05) is 18.2 Å². The monoisotopic (exact) mass is 312 g/mol. The van der Waals surface area contributed by atoms with Gasteiger partial charge >= 0.3 is 0 Å². The minimum absolute atomic E-state index is 0.131. The lowest BCUT2D eigenvalue weighted by Gasteiger charge is -2.28. The molecule has 1 heterocycles. The summed E-state index contributed by atoms with van der Waals surface area (Å²) in [6.07, 6.45) is 0. The van der Waals surface area contributed by atoms with Crippen molar-refractivity contribution in [1.82, 2.24) is 4.90 Å². The van der Waals surface area contributed by atoms with Crippen LogP contribution in [0.3, 0.4) is 0 Å². The molecule has 2 aromatic carbocycles. The van der Waals surface area contributed by atoms with Crippen LogP contribution < -0.4 is 4.90 Å². The molecule has 0 saturated carbocycles. The molecule has 0 aromatic heterocycles. The van der Waals surface area contributed by atoms with Gasteiger partial charge in [0.2, 0.25) is 5.91 Å². The van der Waals surface area contributed by atoms with Crippen molar-refractivity contribution in [2.24, 2.45) is 0 Å². The van der Waals surface area contributed by atoms with E-state index in [1.54, 1.807) is 37.1 Å². The van der Waals surface area contributed by atoms with E-state index in [9.17, 15) is 14.0 Å². The smallest absolute Gasteiger partial charge is 0.255 e. The fraction of sp³-hybridized carbons (Fsp3) is 0.222. The summed E-state index contributed by atoms with van der Waals surface area (Å²) >= 11 is 0. The van der Waals surface area contributed by atoms with Gasteiger partial charge < -0.3 is 9.80 Å². The molecule has 0 radical (unpaired) electrons. The Labute approximate surface area is 134 Å². The van der Waals surface area contributed by atoms with Crippen molar-refractivity contribution in [2.45, 2.75) is 19.5 Å². The van der Waals surface area contributed by atoms with E-state index >= 15 is 0 Å². The minimum Gasteiger partial charge on any atom is -0.323 e. The molecule has 0 spiro atoms. The molecule has 23 heavy (non-hydrogen) atoms. The molecule has 5 heteroatoms. The van der Waals surface area contributed by atoms with Crippen LogP contribution in [0.1, 0.15) is 22.8 Å². The van der Waals surface area contributed by atoms with Crippen molar-refractivity contribution >= 4 is 17.5 Å². The van der Waals surface area contributed by atoms with Gasteiger partial charge in [-0.05, 0) is 42.8 Å². The minimum atomic E-state index is -0.593. The molecule has 2 amide bonds. The highest BCUT2D eigenvalue weighted by molar-refractivity contribution is 6.04. The topological polar surface area (TPSA) is 40.6 Å². The van der Waals surface area contributed by atoms with Crippen LogP contribution in [0, 0.1) is 5.82 Å². The number of carbonyl (C=O) groups is 2. The summed E-state index contributed by atoms with van der Waals surface area (Å²) in [4.78, 5) is 28.1. The largest absolute Gasteiger partial charge is 0.323 e. The number of rotatable bonds is 3. The molecule has 0 aliphatic carbocycles. The maximum atomic E-state index is 13.0. The highest BCUT2D eigenvalue weighted by Gasteiger charge is 2.34. The Morgan fingerprint density at radius 3 is 2.48 bits per heavy atom. The first-order valence-electron chi connectivity index (χ1n) is 7.41. The second-order valence-corrected chi connectivity index (χ2v) is 5.64. The predicted octanol–water partition coefficient (Wildman–Crippen LogP) is 2.83. The van der Waals surface area contributed by atoms with Crippen molar-refractivity contribution in [3.63, 3.8) is 0 Å². The summed E-state index contributed by atoms with van der Waals surface area (Å²) in [5.74, 6) is -0.695. The SMILES string of the molecule is CC(C(=O)N(C)c1ccc(F)cc1)N1Cc2ccccc2C1=O. The molecule has 1 atom stereocenters. The molecule has 118 valence electrons. The Morgan fingerprint density at radius 1 is 1.17 bits per heavy atom. The first kappa shape index (κ1) is 15.2. The van der Waals surface area contributed by atoms with Crippen LogP contribution in [0.4, 0.5) is 10.1 Å². The summed E-state index contributed by atoms with van der Waals surface area (Å²) in [6.45, 7) is 2.14. The molecule has 1 aliphatic heterocycles. The third-order valence-corrected chi connectivity index (χ3v) is 4.22. The highest BCUT2D eigenvalue weighted by Crippen LogP contribution is 2.25. The molecule has 2 aromatic rings. The van der Waals surface area contributed by atoms with Gasteiger partial charge in [0, 0.05) is 24.8 Å². The number of anilines is 1. The lowest BCUT2D eigenvalue weighted by molar-refractivity contribution is -0.122. The second-order valence-electron chi connectivity index (χ2n) is 5.64. The van der Waals surface area contributed by atoms with Gasteiger partial charge in [-0.25, -0.2) is 4.39 Å². The molecule has 0 N–H and O–H groups in total. The Hall–Kier alpha value is -2.69. The maximum Gasteiger partial charge on any atom is 0.255 e. The van der Waals surface area contributed by atoms with Gasteiger partial charge in [0.25, 0.3) is 5.91 Å². The average Bonchev–Trinajstić information content (AvgIpc) is 2.91. The van der Waals surface area contributed by atoms with Crippen LogP contribution in [-0.2, 0) is 11.3 Å². The van der Waals surface area contributed by atoms with E-state index in [-0.39, 0.29) is 17.6 Å². The zero-order valence-corrected chi connectivity index (χ0v) is 13.0. The van der Waals surface area contributed by atoms with E-state index in [4.69, 9.17) is 0 Å². The quantitative estimate of drug-likeness (QED) is 0.874. The second kappa shape index (κ2) is 5.83. The fourth-order valence-electron chi connectivity index (χ4n) is 2.80. The number of benzene rings is 2. The third kappa shape index (κ3) is 2.70. The molecule has 4 nitrogen and oxygen atoms in total. The van der Waals surface area contributed by atoms with E-state index in [1.807, 2.05) is 18.2 Å². The number of likely N-dealkylation sites (N-methyl/N-ethyl adjacent to an activating group) is 1. The first-order valence-corrected chi connectivity index (χ1v) is 7.41. The summed E-state index contributed by atoms with van der Waals surface area (Å²) in [5.41, 5.74) is 2.17.